The van der Waals surface area contributed by atoms with Gasteiger partial charge in [-0.25, -0.2) is 0 Å². The summed E-state index contributed by atoms with van der Waals surface area (Å²) in [6.45, 7) is 1.63. The first kappa shape index (κ1) is 20.0. The number of hydrogen-bond acceptors (Lipinski definition) is 5. The molecule has 1 fully saturated rings. The Labute approximate surface area is 163 Å². The summed E-state index contributed by atoms with van der Waals surface area (Å²) in [5.74, 6) is -0.634. The standard InChI is InChI=1S/C21H24N2O5/c1-14-6-5-9-16(10-14)20(26)22-11-17-18(24)21(27,13-28-17)12-23-19(25)15-7-3-2-4-8-15/h2-10,17-18,24,27H,11-13H2,1H3,(H,22,26)(H,23,25)/t17-,18-,21+/m1/s1. The van der Waals surface area contributed by atoms with Crippen LogP contribution >= 0.6 is 0 Å². The Hall–Kier alpha value is -2.74. The van der Waals surface area contributed by atoms with Crippen LogP contribution in [0.2, 0.25) is 0 Å². The van der Waals surface area contributed by atoms with Crippen molar-refractivity contribution >= 4 is 11.8 Å². The van der Waals surface area contributed by atoms with Crippen molar-refractivity contribution in [2.75, 3.05) is 19.7 Å². The molecular formula is C21H24N2O5. The van der Waals surface area contributed by atoms with Crippen LogP contribution in [-0.4, -0.2) is 59.5 Å². The van der Waals surface area contributed by atoms with E-state index < -0.39 is 17.8 Å². The van der Waals surface area contributed by atoms with Crippen molar-refractivity contribution in [3.05, 3.63) is 71.3 Å². The minimum atomic E-state index is -1.62. The van der Waals surface area contributed by atoms with E-state index in [0.717, 1.165) is 5.56 Å². The Balaban J connectivity index is 1.52. The predicted octanol–water partition coefficient (Wildman–Crippen LogP) is 0.646. The van der Waals surface area contributed by atoms with Crippen LogP contribution in [0.5, 0.6) is 0 Å². The lowest BCUT2D eigenvalue weighted by molar-refractivity contribution is -0.0464. The number of ether oxygens (including phenoxy) is 1. The summed E-state index contributed by atoms with van der Waals surface area (Å²) in [7, 11) is 0. The van der Waals surface area contributed by atoms with E-state index >= 15 is 0 Å². The van der Waals surface area contributed by atoms with E-state index in [1.807, 2.05) is 13.0 Å². The van der Waals surface area contributed by atoms with Gasteiger partial charge in [0.2, 0.25) is 0 Å². The number of carbonyl (C=O) groups excluding carboxylic acids is 2. The third-order valence-electron chi connectivity index (χ3n) is 4.79. The second-order valence-electron chi connectivity index (χ2n) is 7.03. The quantitative estimate of drug-likeness (QED) is 0.585. The van der Waals surface area contributed by atoms with Gasteiger partial charge in [-0.3, -0.25) is 9.59 Å². The molecule has 0 radical (unpaired) electrons. The Morgan fingerprint density at radius 2 is 1.75 bits per heavy atom. The molecule has 2 aromatic rings. The molecule has 1 saturated heterocycles. The maximum atomic E-state index is 12.2. The predicted molar refractivity (Wildman–Crippen MR) is 103 cm³/mol. The number of amides is 2. The van der Waals surface area contributed by atoms with Gasteiger partial charge in [0.15, 0.2) is 0 Å². The SMILES string of the molecule is Cc1cccc(C(=O)NC[C@H]2OC[C@@](O)(CNC(=O)c3ccccc3)[C@@H]2O)c1. The molecule has 7 nitrogen and oxygen atoms in total. The van der Waals surface area contributed by atoms with Crippen LogP contribution in [0.1, 0.15) is 26.3 Å². The molecule has 1 heterocycles. The smallest absolute Gasteiger partial charge is 0.251 e. The van der Waals surface area contributed by atoms with Crippen LogP contribution < -0.4 is 10.6 Å². The van der Waals surface area contributed by atoms with Crippen LogP contribution in [-0.2, 0) is 4.74 Å². The Kier molecular flexibility index (Phi) is 6.08. The number of aryl methyl sites for hydroxylation is 1. The van der Waals surface area contributed by atoms with Gasteiger partial charge in [-0.1, -0.05) is 35.9 Å². The Morgan fingerprint density at radius 3 is 2.46 bits per heavy atom. The molecule has 3 rings (SSSR count). The number of benzene rings is 2. The molecule has 0 aromatic heterocycles. The highest BCUT2D eigenvalue weighted by Crippen LogP contribution is 2.24. The molecule has 0 aliphatic carbocycles. The van der Waals surface area contributed by atoms with Crippen molar-refractivity contribution in [3.8, 4) is 0 Å². The largest absolute Gasteiger partial charge is 0.387 e. The van der Waals surface area contributed by atoms with Crippen LogP contribution in [0.3, 0.4) is 0 Å². The minimum Gasteiger partial charge on any atom is -0.387 e. The first-order valence-corrected chi connectivity index (χ1v) is 9.09. The molecule has 2 amide bonds. The van der Waals surface area contributed by atoms with Gasteiger partial charge in [-0.2, -0.15) is 0 Å². The number of nitrogens with one attached hydrogen (secondary N) is 2. The van der Waals surface area contributed by atoms with Gasteiger partial charge < -0.3 is 25.6 Å². The van der Waals surface area contributed by atoms with E-state index in [2.05, 4.69) is 10.6 Å². The molecular weight excluding hydrogens is 360 g/mol. The van der Waals surface area contributed by atoms with Gasteiger partial charge in [0.05, 0.1) is 13.2 Å². The maximum Gasteiger partial charge on any atom is 0.251 e. The molecule has 2 aromatic carbocycles. The van der Waals surface area contributed by atoms with Crippen molar-refractivity contribution in [1.82, 2.24) is 10.6 Å². The van der Waals surface area contributed by atoms with E-state index in [-0.39, 0.29) is 31.5 Å². The van der Waals surface area contributed by atoms with Gasteiger partial charge in [-0.15, -0.1) is 0 Å². The highest BCUT2D eigenvalue weighted by Gasteiger charge is 2.48. The number of aliphatic hydroxyl groups is 2. The first-order valence-electron chi connectivity index (χ1n) is 9.09. The highest BCUT2D eigenvalue weighted by molar-refractivity contribution is 5.94. The molecule has 28 heavy (non-hydrogen) atoms. The van der Waals surface area contributed by atoms with E-state index in [4.69, 9.17) is 4.74 Å². The average molecular weight is 384 g/mol. The number of carbonyl (C=O) groups is 2. The second-order valence-corrected chi connectivity index (χ2v) is 7.03. The van der Waals surface area contributed by atoms with E-state index in [9.17, 15) is 19.8 Å². The molecule has 0 spiro atoms. The zero-order valence-corrected chi connectivity index (χ0v) is 15.6. The van der Waals surface area contributed by atoms with Crippen molar-refractivity contribution in [3.63, 3.8) is 0 Å². The molecule has 1 aliphatic heterocycles. The Morgan fingerprint density at radius 1 is 1.07 bits per heavy atom. The average Bonchev–Trinajstić information content (AvgIpc) is 2.99. The molecule has 3 atom stereocenters. The summed E-state index contributed by atoms with van der Waals surface area (Å²) in [4.78, 5) is 24.4. The lowest BCUT2D eigenvalue weighted by Crippen LogP contribution is -2.53. The normalized spacial score (nSPS) is 24.0. The van der Waals surface area contributed by atoms with Gasteiger partial charge in [0, 0.05) is 17.7 Å². The second kappa shape index (κ2) is 8.52. The third kappa shape index (κ3) is 4.56. The van der Waals surface area contributed by atoms with E-state index in [1.54, 1.807) is 48.5 Å². The van der Waals surface area contributed by atoms with Gasteiger partial charge in [0.25, 0.3) is 11.8 Å². The van der Waals surface area contributed by atoms with Crippen LogP contribution in [0, 0.1) is 6.92 Å². The molecule has 148 valence electrons. The monoisotopic (exact) mass is 384 g/mol. The zero-order valence-electron chi connectivity index (χ0n) is 15.6. The fourth-order valence-electron chi connectivity index (χ4n) is 3.11. The summed E-state index contributed by atoms with van der Waals surface area (Å²) >= 11 is 0. The fourth-order valence-corrected chi connectivity index (χ4v) is 3.11. The van der Waals surface area contributed by atoms with Gasteiger partial charge in [-0.05, 0) is 31.2 Å². The topological polar surface area (TPSA) is 108 Å². The van der Waals surface area contributed by atoms with Gasteiger partial charge in [0.1, 0.15) is 17.8 Å². The maximum absolute atomic E-state index is 12.2. The Bertz CT molecular complexity index is 842. The fraction of sp³-hybridized carbons (Fsp3) is 0.333. The van der Waals surface area contributed by atoms with Crippen molar-refractivity contribution in [2.24, 2.45) is 0 Å². The van der Waals surface area contributed by atoms with Crippen molar-refractivity contribution in [2.45, 2.75) is 24.7 Å². The minimum absolute atomic E-state index is 0.0445. The summed E-state index contributed by atoms with van der Waals surface area (Å²) in [6.07, 6.45) is -2.02. The van der Waals surface area contributed by atoms with Crippen molar-refractivity contribution in [1.29, 1.82) is 0 Å². The van der Waals surface area contributed by atoms with Crippen molar-refractivity contribution < 1.29 is 24.5 Å². The lowest BCUT2D eigenvalue weighted by atomic mass is 9.96. The molecule has 7 heteroatoms. The molecule has 0 bridgehead atoms. The van der Waals surface area contributed by atoms with E-state index in [1.165, 1.54) is 0 Å². The summed E-state index contributed by atoms with van der Waals surface area (Å²) < 4.78 is 5.46. The number of rotatable bonds is 6. The molecule has 0 unspecified atom stereocenters. The third-order valence-corrected chi connectivity index (χ3v) is 4.79. The van der Waals surface area contributed by atoms with Crippen LogP contribution in [0.25, 0.3) is 0 Å². The number of hydrogen-bond donors (Lipinski definition) is 4. The van der Waals surface area contributed by atoms with Crippen LogP contribution in [0.15, 0.2) is 54.6 Å². The molecule has 4 N–H and O–H groups in total. The van der Waals surface area contributed by atoms with Crippen LogP contribution in [0.4, 0.5) is 0 Å². The van der Waals surface area contributed by atoms with E-state index in [0.29, 0.717) is 11.1 Å². The van der Waals surface area contributed by atoms with Gasteiger partial charge >= 0.3 is 0 Å². The number of aliphatic hydroxyl groups excluding tert-OH is 1. The molecule has 0 saturated carbocycles. The molecule has 1 aliphatic rings. The summed E-state index contributed by atoms with van der Waals surface area (Å²) in [6, 6.07) is 15.7. The summed E-state index contributed by atoms with van der Waals surface area (Å²) in [5, 5.41) is 26.4. The lowest BCUT2D eigenvalue weighted by Gasteiger charge is -2.26. The summed E-state index contributed by atoms with van der Waals surface area (Å²) in [5.41, 5.74) is 0.316. The zero-order chi connectivity index (χ0) is 20.1. The highest BCUT2D eigenvalue weighted by atomic mass is 16.5. The first-order chi connectivity index (χ1) is 13.4.